The average molecular weight is 477 g/mol. The van der Waals surface area contributed by atoms with Crippen molar-refractivity contribution in [2.45, 2.75) is 45.8 Å². The first-order valence-corrected chi connectivity index (χ1v) is 12.5. The highest BCUT2D eigenvalue weighted by atomic mass is 16.5. The van der Waals surface area contributed by atoms with E-state index >= 15 is 0 Å². The number of hydrogen-bond acceptors (Lipinski definition) is 5. The van der Waals surface area contributed by atoms with E-state index in [9.17, 15) is 9.59 Å². The predicted molar refractivity (Wildman–Crippen MR) is 136 cm³/mol. The summed E-state index contributed by atoms with van der Waals surface area (Å²) in [7, 11) is 0. The van der Waals surface area contributed by atoms with Crippen LogP contribution in [0.1, 0.15) is 37.9 Å². The van der Waals surface area contributed by atoms with Gasteiger partial charge in [0, 0.05) is 50.4 Å². The Morgan fingerprint density at radius 2 is 2.00 bits per heavy atom. The number of pyridine rings is 1. The minimum absolute atomic E-state index is 0.0767. The lowest BCUT2D eigenvalue weighted by Gasteiger charge is -2.38. The Morgan fingerprint density at radius 3 is 2.80 bits per heavy atom. The highest BCUT2D eigenvalue weighted by Gasteiger charge is 2.32. The van der Waals surface area contributed by atoms with Gasteiger partial charge in [-0.2, -0.15) is 0 Å². The molecule has 1 fully saturated rings. The molecule has 0 unspecified atom stereocenters. The van der Waals surface area contributed by atoms with Crippen LogP contribution in [-0.4, -0.2) is 58.9 Å². The van der Waals surface area contributed by atoms with Crippen molar-refractivity contribution < 1.29 is 14.3 Å². The molecule has 0 radical (unpaired) electrons. The Kier molecular flexibility index (Phi) is 8.53. The molecule has 1 saturated heterocycles. The van der Waals surface area contributed by atoms with E-state index in [2.05, 4.69) is 27.3 Å². The Hall–Kier alpha value is -3.19. The Morgan fingerprint density at radius 1 is 1.17 bits per heavy atom. The lowest BCUT2D eigenvalue weighted by molar-refractivity contribution is -0.135. The number of ether oxygens (including phenoxy) is 1. The second-order valence-electron chi connectivity index (χ2n) is 9.79. The van der Waals surface area contributed by atoms with E-state index in [1.807, 2.05) is 61.2 Å². The summed E-state index contributed by atoms with van der Waals surface area (Å²) in [4.78, 5) is 34.5. The summed E-state index contributed by atoms with van der Waals surface area (Å²) in [6.45, 7) is 7.18. The van der Waals surface area contributed by atoms with Crippen molar-refractivity contribution in [2.24, 2.45) is 11.8 Å². The summed E-state index contributed by atoms with van der Waals surface area (Å²) in [6, 6.07) is 14.0. The fourth-order valence-electron chi connectivity index (χ4n) is 4.91. The highest BCUT2D eigenvalue weighted by Crippen LogP contribution is 2.29. The number of carbonyl (C=O) groups excluding carboxylic acids is 2. The SMILES string of the molecule is CC(C)NC(=O)C[C@@H]1CCN2C[C@@H]1/C=C/COc1ccccc1CN(Cc1ccccn1)CC2=O. The summed E-state index contributed by atoms with van der Waals surface area (Å²) < 4.78 is 6.13. The van der Waals surface area contributed by atoms with Gasteiger partial charge in [0.25, 0.3) is 0 Å². The van der Waals surface area contributed by atoms with Crippen LogP contribution in [0.25, 0.3) is 0 Å². The fourth-order valence-corrected chi connectivity index (χ4v) is 4.91. The third-order valence-corrected chi connectivity index (χ3v) is 6.61. The van der Waals surface area contributed by atoms with Crippen molar-refractivity contribution in [1.29, 1.82) is 0 Å². The molecule has 35 heavy (non-hydrogen) atoms. The van der Waals surface area contributed by atoms with Crippen LogP contribution in [0.3, 0.4) is 0 Å². The number of para-hydroxylation sites is 1. The van der Waals surface area contributed by atoms with Crippen molar-refractivity contribution in [3.8, 4) is 5.75 Å². The van der Waals surface area contributed by atoms with E-state index in [0.717, 1.165) is 23.4 Å². The molecule has 1 aromatic carbocycles. The second kappa shape index (κ2) is 12.0. The summed E-state index contributed by atoms with van der Waals surface area (Å²) in [5, 5.41) is 3.01. The molecule has 2 atom stereocenters. The lowest BCUT2D eigenvalue weighted by Crippen LogP contribution is -2.48. The number of nitrogens with zero attached hydrogens (tertiary/aromatic N) is 3. The molecule has 2 aliphatic heterocycles. The number of piperidine rings is 1. The van der Waals surface area contributed by atoms with Gasteiger partial charge >= 0.3 is 0 Å². The minimum Gasteiger partial charge on any atom is -0.489 e. The number of hydrogen-bond donors (Lipinski definition) is 1. The zero-order valence-corrected chi connectivity index (χ0v) is 20.7. The van der Waals surface area contributed by atoms with Gasteiger partial charge in [-0.1, -0.05) is 36.4 Å². The standard InChI is InChI=1S/C28H36N4O3/c1-21(2)30-27(33)16-22-12-14-32-18-23(22)9-7-15-35-26-11-4-3-8-24(26)17-31(20-28(32)34)19-25-10-5-6-13-29-25/h3-11,13,21-23H,12,14-20H2,1-2H3,(H,30,33)/b9-7+/t22-,23-/m0/s1. The maximum Gasteiger partial charge on any atom is 0.236 e. The van der Waals surface area contributed by atoms with Crippen LogP contribution in [0.2, 0.25) is 0 Å². The van der Waals surface area contributed by atoms with E-state index in [1.54, 1.807) is 6.20 Å². The second-order valence-corrected chi connectivity index (χ2v) is 9.79. The molecule has 0 spiro atoms. The molecule has 2 aliphatic rings. The molecule has 186 valence electrons. The maximum absolute atomic E-state index is 13.4. The van der Waals surface area contributed by atoms with Gasteiger partial charge in [0.05, 0.1) is 12.2 Å². The number of benzene rings is 1. The average Bonchev–Trinajstić information content (AvgIpc) is 2.84. The lowest BCUT2D eigenvalue weighted by atomic mass is 9.82. The van der Waals surface area contributed by atoms with Gasteiger partial charge < -0.3 is 15.0 Å². The highest BCUT2D eigenvalue weighted by molar-refractivity contribution is 5.79. The van der Waals surface area contributed by atoms with E-state index in [4.69, 9.17) is 4.74 Å². The molecular formula is C28H36N4O3. The molecule has 1 N–H and O–H groups in total. The zero-order valence-electron chi connectivity index (χ0n) is 20.7. The van der Waals surface area contributed by atoms with Crippen LogP contribution in [0, 0.1) is 11.8 Å². The first kappa shape index (κ1) is 24.9. The Labute approximate surface area is 208 Å². The van der Waals surface area contributed by atoms with Crippen LogP contribution in [0.4, 0.5) is 0 Å². The summed E-state index contributed by atoms with van der Waals surface area (Å²) in [5.74, 6) is 1.34. The summed E-state index contributed by atoms with van der Waals surface area (Å²) in [5.41, 5.74) is 1.97. The van der Waals surface area contributed by atoms with Gasteiger partial charge in [-0.3, -0.25) is 19.5 Å². The summed E-state index contributed by atoms with van der Waals surface area (Å²) >= 11 is 0. The Balaban J connectivity index is 1.55. The van der Waals surface area contributed by atoms with Crippen molar-refractivity contribution >= 4 is 11.8 Å². The van der Waals surface area contributed by atoms with Gasteiger partial charge in [-0.15, -0.1) is 0 Å². The third kappa shape index (κ3) is 7.15. The van der Waals surface area contributed by atoms with Crippen molar-refractivity contribution in [3.05, 3.63) is 72.1 Å². The molecule has 7 heteroatoms. The topological polar surface area (TPSA) is 74.8 Å². The van der Waals surface area contributed by atoms with E-state index in [0.29, 0.717) is 45.8 Å². The maximum atomic E-state index is 13.4. The van der Waals surface area contributed by atoms with E-state index in [-0.39, 0.29) is 29.7 Å². The van der Waals surface area contributed by atoms with Gasteiger partial charge in [0.1, 0.15) is 12.4 Å². The van der Waals surface area contributed by atoms with Gasteiger partial charge in [-0.05, 0) is 50.3 Å². The molecule has 0 saturated carbocycles. The number of nitrogens with one attached hydrogen (secondary N) is 1. The first-order chi connectivity index (χ1) is 17.0. The molecular weight excluding hydrogens is 440 g/mol. The molecule has 0 aliphatic carbocycles. The number of aromatic nitrogens is 1. The molecule has 3 heterocycles. The van der Waals surface area contributed by atoms with Gasteiger partial charge in [-0.25, -0.2) is 0 Å². The Bertz CT molecular complexity index is 1020. The van der Waals surface area contributed by atoms with Crippen molar-refractivity contribution in [2.75, 3.05) is 26.2 Å². The number of amides is 2. The molecule has 2 aromatic rings. The fraction of sp³-hybridized carbons (Fsp3) is 0.464. The van der Waals surface area contributed by atoms with Crippen LogP contribution >= 0.6 is 0 Å². The predicted octanol–water partition coefficient (Wildman–Crippen LogP) is 3.41. The molecule has 7 nitrogen and oxygen atoms in total. The van der Waals surface area contributed by atoms with Crippen LogP contribution in [0.5, 0.6) is 5.75 Å². The smallest absolute Gasteiger partial charge is 0.236 e. The van der Waals surface area contributed by atoms with Crippen molar-refractivity contribution in [3.63, 3.8) is 0 Å². The van der Waals surface area contributed by atoms with Gasteiger partial charge in [0.2, 0.25) is 11.8 Å². The van der Waals surface area contributed by atoms with Gasteiger partial charge in [0.15, 0.2) is 0 Å². The van der Waals surface area contributed by atoms with Crippen LogP contribution in [0.15, 0.2) is 60.8 Å². The zero-order chi connectivity index (χ0) is 24.6. The quantitative estimate of drug-likeness (QED) is 0.670. The first-order valence-electron chi connectivity index (χ1n) is 12.5. The van der Waals surface area contributed by atoms with Crippen LogP contribution in [-0.2, 0) is 22.7 Å². The van der Waals surface area contributed by atoms with Crippen LogP contribution < -0.4 is 10.1 Å². The number of carbonyl (C=O) groups is 2. The summed E-state index contributed by atoms with van der Waals surface area (Å²) in [6.07, 6.45) is 7.24. The van der Waals surface area contributed by atoms with Crippen molar-refractivity contribution in [1.82, 2.24) is 20.1 Å². The molecule has 2 amide bonds. The van der Waals surface area contributed by atoms with E-state index < -0.39 is 0 Å². The molecule has 4 rings (SSSR count). The third-order valence-electron chi connectivity index (χ3n) is 6.61. The van der Waals surface area contributed by atoms with E-state index in [1.165, 1.54) is 0 Å². The molecule has 1 aromatic heterocycles. The monoisotopic (exact) mass is 476 g/mol. The minimum atomic E-state index is 0.0767. The normalized spacial score (nSPS) is 22.3. The molecule has 2 bridgehead atoms. The number of fused-ring (bicyclic) bond motifs is 3. The largest absolute Gasteiger partial charge is 0.489 e. The number of rotatable bonds is 5.